The molecule has 0 amide bonds. The first-order valence-corrected chi connectivity index (χ1v) is 4.78. The Bertz CT molecular complexity index is 469. The van der Waals surface area contributed by atoms with Gasteiger partial charge in [0.15, 0.2) is 0 Å². The lowest BCUT2D eigenvalue weighted by molar-refractivity contribution is 0.779. The summed E-state index contributed by atoms with van der Waals surface area (Å²) in [6.45, 7) is 4.01. The van der Waals surface area contributed by atoms with Gasteiger partial charge in [0.05, 0.1) is 11.2 Å². The van der Waals surface area contributed by atoms with E-state index in [-0.39, 0.29) is 6.04 Å². The number of aryl methyl sites for hydroxylation is 2. The molecule has 2 N–H and O–H groups in total. The van der Waals surface area contributed by atoms with Gasteiger partial charge < -0.3 is 5.73 Å². The molecule has 1 aromatic carbocycles. The van der Waals surface area contributed by atoms with Crippen LogP contribution in [0.2, 0.25) is 0 Å². The van der Waals surface area contributed by atoms with Crippen molar-refractivity contribution in [2.24, 2.45) is 12.8 Å². The van der Waals surface area contributed by atoms with Crippen LogP contribution in [-0.2, 0) is 7.05 Å². The van der Waals surface area contributed by atoms with Crippen LogP contribution in [-0.4, -0.2) is 9.78 Å². The number of benzene rings is 1. The van der Waals surface area contributed by atoms with Crippen LogP contribution < -0.4 is 5.73 Å². The lowest BCUT2D eigenvalue weighted by Gasteiger charge is -2.05. The molecule has 74 valence electrons. The van der Waals surface area contributed by atoms with E-state index in [2.05, 4.69) is 23.3 Å². The van der Waals surface area contributed by atoms with Gasteiger partial charge >= 0.3 is 0 Å². The lowest BCUT2D eigenvalue weighted by Crippen LogP contribution is -2.04. The second-order valence-electron chi connectivity index (χ2n) is 3.77. The summed E-state index contributed by atoms with van der Waals surface area (Å²) in [5.41, 5.74) is 9.20. The molecule has 3 nitrogen and oxygen atoms in total. The van der Waals surface area contributed by atoms with Gasteiger partial charge in [-0.25, -0.2) is 0 Å². The highest BCUT2D eigenvalue weighted by molar-refractivity contribution is 5.82. The van der Waals surface area contributed by atoms with Crippen LogP contribution in [0.25, 0.3) is 10.9 Å². The maximum Gasteiger partial charge on any atom is 0.0685 e. The fraction of sp³-hybridized carbons (Fsp3) is 0.364. The second-order valence-corrected chi connectivity index (χ2v) is 3.77. The molecule has 1 aromatic heterocycles. The molecule has 1 unspecified atom stereocenters. The maximum atomic E-state index is 5.83. The third-order valence-electron chi connectivity index (χ3n) is 2.59. The molecule has 1 atom stereocenters. The van der Waals surface area contributed by atoms with Gasteiger partial charge in [-0.1, -0.05) is 12.1 Å². The minimum atomic E-state index is 0.0783. The van der Waals surface area contributed by atoms with E-state index in [4.69, 9.17) is 5.73 Å². The van der Waals surface area contributed by atoms with Crippen LogP contribution in [0.4, 0.5) is 0 Å². The van der Waals surface area contributed by atoms with Gasteiger partial charge in [0.2, 0.25) is 0 Å². The Morgan fingerprint density at radius 2 is 2.14 bits per heavy atom. The summed E-state index contributed by atoms with van der Waals surface area (Å²) in [4.78, 5) is 0. The molecule has 2 rings (SSSR count). The zero-order chi connectivity index (χ0) is 10.3. The lowest BCUT2D eigenvalue weighted by atomic mass is 10.1. The summed E-state index contributed by atoms with van der Waals surface area (Å²) in [5.74, 6) is 0. The maximum absolute atomic E-state index is 5.83. The van der Waals surface area contributed by atoms with E-state index in [0.29, 0.717) is 0 Å². The van der Waals surface area contributed by atoms with Crippen molar-refractivity contribution in [1.82, 2.24) is 9.78 Å². The molecule has 0 radical (unpaired) electrons. The van der Waals surface area contributed by atoms with Crippen molar-refractivity contribution in [3.8, 4) is 0 Å². The molecule has 0 bridgehead atoms. The zero-order valence-corrected chi connectivity index (χ0v) is 8.78. The molecule has 0 aliphatic rings. The van der Waals surface area contributed by atoms with Crippen molar-refractivity contribution in [3.63, 3.8) is 0 Å². The van der Waals surface area contributed by atoms with Crippen molar-refractivity contribution >= 4 is 10.9 Å². The van der Waals surface area contributed by atoms with Crippen molar-refractivity contribution in [2.45, 2.75) is 19.9 Å². The number of aromatic nitrogens is 2. The smallest absolute Gasteiger partial charge is 0.0685 e. The highest BCUT2D eigenvalue weighted by Gasteiger charge is 2.06. The van der Waals surface area contributed by atoms with E-state index >= 15 is 0 Å². The molecule has 0 saturated heterocycles. The molecule has 0 aliphatic heterocycles. The minimum absolute atomic E-state index is 0.0783. The van der Waals surface area contributed by atoms with E-state index in [1.165, 1.54) is 5.39 Å². The summed E-state index contributed by atoms with van der Waals surface area (Å²) in [6.07, 6.45) is 0. The molecular weight excluding hydrogens is 174 g/mol. The molecule has 1 heterocycles. The summed E-state index contributed by atoms with van der Waals surface area (Å²) >= 11 is 0. The van der Waals surface area contributed by atoms with Crippen LogP contribution >= 0.6 is 0 Å². The second kappa shape index (κ2) is 3.10. The van der Waals surface area contributed by atoms with Gasteiger partial charge in [-0.15, -0.1) is 0 Å². The van der Waals surface area contributed by atoms with Crippen LogP contribution in [0.3, 0.4) is 0 Å². The first-order chi connectivity index (χ1) is 6.59. The number of nitrogens with two attached hydrogens (primary N) is 1. The molecule has 2 aromatic rings. The summed E-state index contributed by atoms with van der Waals surface area (Å²) in [7, 11) is 1.96. The van der Waals surface area contributed by atoms with Crippen molar-refractivity contribution < 1.29 is 0 Å². The monoisotopic (exact) mass is 189 g/mol. The topological polar surface area (TPSA) is 43.8 Å². The van der Waals surface area contributed by atoms with E-state index in [1.807, 2.05) is 25.6 Å². The highest BCUT2D eigenvalue weighted by Crippen LogP contribution is 2.21. The van der Waals surface area contributed by atoms with Crippen LogP contribution in [0.1, 0.15) is 24.2 Å². The zero-order valence-electron chi connectivity index (χ0n) is 8.78. The standard InChI is InChI=1S/C11H15N3/c1-7(12)9-4-5-10-8(2)13-14(3)11(10)6-9/h4-7H,12H2,1-3H3. The van der Waals surface area contributed by atoms with E-state index in [9.17, 15) is 0 Å². The fourth-order valence-electron chi connectivity index (χ4n) is 1.74. The average molecular weight is 189 g/mol. The van der Waals surface area contributed by atoms with Gasteiger partial charge in [-0.2, -0.15) is 5.10 Å². The Kier molecular flexibility index (Phi) is 2.04. The first-order valence-electron chi connectivity index (χ1n) is 4.78. The molecule has 14 heavy (non-hydrogen) atoms. The molecule has 3 heteroatoms. The molecule has 0 fully saturated rings. The van der Waals surface area contributed by atoms with Crippen LogP contribution in [0.5, 0.6) is 0 Å². The molecule has 0 saturated carbocycles. The Labute approximate surface area is 83.5 Å². The van der Waals surface area contributed by atoms with Gasteiger partial charge in [-0.3, -0.25) is 4.68 Å². The number of nitrogens with zero attached hydrogens (tertiary/aromatic N) is 2. The van der Waals surface area contributed by atoms with Crippen molar-refractivity contribution in [1.29, 1.82) is 0 Å². The van der Waals surface area contributed by atoms with Gasteiger partial charge in [0, 0.05) is 18.5 Å². The van der Waals surface area contributed by atoms with Crippen molar-refractivity contribution in [3.05, 3.63) is 29.5 Å². The predicted octanol–water partition coefficient (Wildman–Crippen LogP) is 1.90. The van der Waals surface area contributed by atoms with E-state index in [0.717, 1.165) is 16.8 Å². The summed E-state index contributed by atoms with van der Waals surface area (Å²) in [5, 5.41) is 5.57. The largest absolute Gasteiger partial charge is 0.324 e. The number of hydrogen-bond acceptors (Lipinski definition) is 2. The fourth-order valence-corrected chi connectivity index (χ4v) is 1.74. The highest BCUT2D eigenvalue weighted by atomic mass is 15.3. The quantitative estimate of drug-likeness (QED) is 0.744. The Morgan fingerprint density at radius 3 is 2.79 bits per heavy atom. The van der Waals surface area contributed by atoms with Gasteiger partial charge in [0.1, 0.15) is 0 Å². The summed E-state index contributed by atoms with van der Waals surface area (Å²) < 4.78 is 1.90. The van der Waals surface area contributed by atoms with Crippen LogP contribution in [0, 0.1) is 6.92 Å². The number of fused-ring (bicyclic) bond motifs is 1. The van der Waals surface area contributed by atoms with Gasteiger partial charge in [0.25, 0.3) is 0 Å². The molecule has 0 spiro atoms. The average Bonchev–Trinajstić information content (AvgIpc) is 2.42. The van der Waals surface area contributed by atoms with E-state index in [1.54, 1.807) is 0 Å². The third kappa shape index (κ3) is 1.30. The number of rotatable bonds is 1. The Balaban J connectivity index is 2.71. The predicted molar refractivity (Wildman–Crippen MR) is 58.1 cm³/mol. The normalized spacial score (nSPS) is 13.4. The molecule has 0 aliphatic carbocycles. The molecular formula is C11H15N3. The number of hydrogen-bond donors (Lipinski definition) is 1. The Morgan fingerprint density at radius 1 is 1.43 bits per heavy atom. The third-order valence-corrected chi connectivity index (χ3v) is 2.59. The summed E-state index contributed by atoms with van der Waals surface area (Å²) in [6, 6.07) is 6.35. The van der Waals surface area contributed by atoms with Crippen LogP contribution in [0.15, 0.2) is 18.2 Å². The first kappa shape index (κ1) is 9.21. The minimum Gasteiger partial charge on any atom is -0.324 e. The Hall–Kier alpha value is -1.35. The van der Waals surface area contributed by atoms with E-state index < -0.39 is 0 Å². The van der Waals surface area contributed by atoms with Crippen molar-refractivity contribution in [2.75, 3.05) is 0 Å². The van der Waals surface area contributed by atoms with Gasteiger partial charge in [-0.05, 0) is 25.5 Å². The SMILES string of the molecule is Cc1nn(C)c2cc(C(C)N)ccc12.